The van der Waals surface area contributed by atoms with E-state index in [9.17, 15) is 4.79 Å². The van der Waals surface area contributed by atoms with E-state index in [1.54, 1.807) is 6.07 Å². The van der Waals surface area contributed by atoms with Crippen LogP contribution in [-0.2, 0) is 6.54 Å². The lowest BCUT2D eigenvalue weighted by Gasteiger charge is -2.32. The van der Waals surface area contributed by atoms with Gasteiger partial charge >= 0.3 is 0 Å². The number of hydrogen-bond donors (Lipinski definition) is 1. The van der Waals surface area contributed by atoms with Crippen molar-refractivity contribution < 1.29 is 0 Å². The van der Waals surface area contributed by atoms with E-state index < -0.39 is 0 Å². The number of benzene rings is 1. The second-order valence-electron chi connectivity index (χ2n) is 5.83. The molecule has 4 nitrogen and oxygen atoms in total. The van der Waals surface area contributed by atoms with Gasteiger partial charge in [0, 0.05) is 48.8 Å². The van der Waals surface area contributed by atoms with Gasteiger partial charge in [-0.25, -0.2) is 0 Å². The number of pyridine rings is 1. The molecule has 5 heteroatoms. The zero-order valence-corrected chi connectivity index (χ0v) is 13.2. The number of likely N-dealkylation sites (N-methyl/N-ethyl adjacent to an activating group) is 1. The zero-order valence-electron chi connectivity index (χ0n) is 12.4. The average Bonchev–Trinajstić information content (AvgIpc) is 2.46. The molecule has 0 amide bonds. The summed E-state index contributed by atoms with van der Waals surface area (Å²) in [5.74, 6) is 0. The number of aromatic nitrogens is 1. The molecule has 2 heterocycles. The van der Waals surface area contributed by atoms with Crippen LogP contribution in [0.2, 0.25) is 5.02 Å². The molecule has 1 saturated heterocycles. The minimum atomic E-state index is -0.0628. The van der Waals surface area contributed by atoms with E-state index in [1.165, 1.54) is 5.56 Å². The Labute approximate surface area is 129 Å². The van der Waals surface area contributed by atoms with Gasteiger partial charge in [-0.1, -0.05) is 17.7 Å². The normalized spacial score (nSPS) is 17.5. The molecule has 0 atom stereocenters. The van der Waals surface area contributed by atoms with Crippen molar-refractivity contribution in [2.75, 3.05) is 33.2 Å². The highest BCUT2D eigenvalue weighted by atomic mass is 35.5. The fraction of sp³-hybridized carbons (Fsp3) is 0.438. The van der Waals surface area contributed by atoms with Crippen LogP contribution in [0.1, 0.15) is 11.3 Å². The standard InChI is InChI=1S/C16H20ClN3O/c1-11-15(10-20-7-5-19(2)6-8-20)13-4-3-12(17)9-14(13)16(21)18-11/h3-4,9H,5-8,10H2,1-2H3,(H,18,21). The molecule has 0 spiro atoms. The van der Waals surface area contributed by atoms with Crippen LogP contribution in [0.4, 0.5) is 0 Å². The molecule has 1 aromatic heterocycles. The maximum Gasteiger partial charge on any atom is 0.256 e. The Morgan fingerprint density at radius 3 is 2.62 bits per heavy atom. The minimum Gasteiger partial charge on any atom is -0.326 e. The van der Waals surface area contributed by atoms with E-state index in [0.717, 1.165) is 43.8 Å². The van der Waals surface area contributed by atoms with Crippen LogP contribution >= 0.6 is 11.6 Å². The summed E-state index contributed by atoms with van der Waals surface area (Å²) in [5, 5.41) is 2.29. The molecule has 2 aromatic rings. The van der Waals surface area contributed by atoms with Crippen molar-refractivity contribution in [3.05, 3.63) is 44.8 Å². The second kappa shape index (κ2) is 5.79. The van der Waals surface area contributed by atoms with E-state index >= 15 is 0 Å². The molecular weight excluding hydrogens is 286 g/mol. The summed E-state index contributed by atoms with van der Waals surface area (Å²) in [6.07, 6.45) is 0. The fourth-order valence-corrected chi connectivity index (χ4v) is 3.09. The van der Waals surface area contributed by atoms with Gasteiger partial charge in [0.25, 0.3) is 5.56 Å². The number of aryl methyl sites for hydroxylation is 1. The second-order valence-corrected chi connectivity index (χ2v) is 6.26. The maximum absolute atomic E-state index is 12.1. The van der Waals surface area contributed by atoms with E-state index in [-0.39, 0.29) is 5.56 Å². The van der Waals surface area contributed by atoms with E-state index in [2.05, 4.69) is 21.8 Å². The fourth-order valence-electron chi connectivity index (χ4n) is 2.92. The molecule has 0 saturated carbocycles. The number of hydrogen-bond acceptors (Lipinski definition) is 3. The van der Waals surface area contributed by atoms with Crippen LogP contribution in [0.3, 0.4) is 0 Å². The number of aromatic amines is 1. The number of fused-ring (bicyclic) bond motifs is 1. The van der Waals surface area contributed by atoms with Crippen molar-refractivity contribution in [1.82, 2.24) is 14.8 Å². The lowest BCUT2D eigenvalue weighted by Crippen LogP contribution is -2.44. The highest BCUT2D eigenvalue weighted by Gasteiger charge is 2.17. The van der Waals surface area contributed by atoms with Gasteiger partial charge in [-0.3, -0.25) is 9.69 Å². The number of nitrogens with one attached hydrogen (secondary N) is 1. The van der Waals surface area contributed by atoms with Crippen LogP contribution in [0.25, 0.3) is 10.8 Å². The summed E-state index contributed by atoms with van der Waals surface area (Å²) in [6.45, 7) is 7.14. The van der Waals surface area contributed by atoms with Gasteiger partial charge in [-0.2, -0.15) is 0 Å². The number of H-pyrrole nitrogens is 1. The van der Waals surface area contributed by atoms with E-state index in [0.29, 0.717) is 10.4 Å². The van der Waals surface area contributed by atoms with Gasteiger partial charge in [0.15, 0.2) is 0 Å². The van der Waals surface area contributed by atoms with Crippen molar-refractivity contribution in [2.45, 2.75) is 13.5 Å². The predicted molar refractivity (Wildman–Crippen MR) is 87.1 cm³/mol. The summed E-state index contributed by atoms with van der Waals surface area (Å²) < 4.78 is 0. The van der Waals surface area contributed by atoms with Gasteiger partial charge < -0.3 is 9.88 Å². The Morgan fingerprint density at radius 1 is 1.19 bits per heavy atom. The van der Waals surface area contributed by atoms with Crippen LogP contribution in [0, 0.1) is 6.92 Å². The summed E-state index contributed by atoms with van der Waals surface area (Å²) in [6, 6.07) is 5.57. The quantitative estimate of drug-likeness (QED) is 0.925. The third kappa shape index (κ3) is 2.98. The summed E-state index contributed by atoms with van der Waals surface area (Å²) >= 11 is 6.02. The van der Waals surface area contributed by atoms with Gasteiger partial charge in [0.05, 0.1) is 0 Å². The van der Waals surface area contributed by atoms with Crippen molar-refractivity contribution in [1.29, 1.82) is 0 Å². The van der Waals surface area contributed by atoms with Crippen molar-refractivity contribution in [3.8, 4) is 0 Å². The smallest absolute Gasteiger partial charge is 0.256 e. The maximum atomic E-state index is 12.1. The predicted octanol–water partition coefficient (Wildman–Crippen LogP) is 2.24. The Bertz CT molecular complexity index is 717. The van der Waals surface area contributed by atoms with Crippen LogP contribution < -0.4 is 5.56 Å². The Kier molecular flexibility index (Phi) is 4.02. The molecule has 112 valence electrons. The Morgan fingerprint density at radius 2 is 1.90 bits per heavy atom. The number of piperazine rings is 1. The highest BCUT2D eigenvalue weighted by molar-refractivity contribution is 6.31. The summed E-state index contributed by atoms with van der Waals surface area (Å²) in [7, 11) is 2.15. The molecule has 1 fully saturated rings. The molecule has 0 aliphatic carbocycles. The molecule has 1 aromatic carbocycles. The Hall–Kier alpha value is -1.36. The van der Waals surface area contributed by atoms with Gasteiger partial charge in [0.1, 0.15) is 0 Å². The molecular formula is C16H20ClN3O. The lowest BCUT2D eigenvalue weighted by molar-refractivity contribution is 0.148. The molecule has 21 heavy (non-hydrogen) atoms. The number of nitrogens with zero attached hydrogens (tertiary/aromatic N) is 2. The third-order valence-corrected chi connectivity index (χ3v) is 4.52. The SMILES string of the molecule is Cc1[nH]c(=O)c2cc(Cl)ccc2c1CN1CCN(C)CC1. The molecule has 1 aliphatic rings. The van der Waals surface area contributed by atoms with E-state index in [4.69, 9.17) is 11.6 Å². The van der Waals surface area contributed by atoms with Crippen LogP contribution in [-0.4, -0.2) is 48.0 Å². The topological polar surface area (TPSA) is 39.3 Å². The first-order chi connectivity index (χ1) is 10.0. The molecule has 3 rings (SSSR count). The molecule has 0 unspecified atom stereocenters. The van der Waals surface area contributed by atoms with Crippen molar-refractivity contribution >= 4 is 22.4 Å². The lowest BCUT2D eigenvalue weighted by atomic mass is 10.0. The number of halogens is 1. The molecule has 1 N–H and O–H groups in total. The minimum absolute atomic E-state index is 0.0628. The molecule has 0 radical (unpaired) electrons. The summed E-state index contributed by atoms with van der Waals surface area (Å²) in [4.78, 5) is 19.8. The van der Waals surface area contributed by atoms with Gasteiger partial charge in [-0.05, 0) is 37.1 Å². The monoisotopic (exact) mass is 305 g/mol. The van der Waals surface area contributed by atoms with Gasteiger partial charge in [-0.15, -0.1) is 0 Å². The molecule has 0 bridgehead atoms. The first kappa shape index (κ1) is 14.6. The molecule has 1 aliphatic heterocycles. The third-order valence-electron chi connectivity index (χ3n) is 4.28. The largest absolute Gasteiger partial charge is 0.326 e. The Balaban J connectivity index is 2.00. The van der Waals surface area contributed by atoms with Crippen molar-refractivity contribution in [3.63, 3.8) is 0 Å². The van der Waals surface area contributed by atoms with Gasteiger partial charge in [0.2, 0.25) is 0 Å². The highest BCUT2D eigenvalue weighted by Crippen LogP contribution is 2.23. The van der Waals surface area contributed by atoms with E-state index in [1.807, 2.05) is 19.1 Å². The van der Waals surface area contributed by atoms with Crippen LogP contribution in [0.15, 0.2) is 23.0 Å². The first-order valence-electron chi connectivity index (χ1n) is 7.26. The van der Waals surface area contributed by atoms with Crippen LogP contribution in [0.5, 0.6) is 0 Å². The first-order valence-corrected chi connectivity index (χ1v) is 7.64. The summed E-state index contributed by atoms with van der Waals surface area (Å²) in [5.41, 5.74) is 2.09. The average molecular weight is 306 g/mol. The zero-order chi connectivity index (χ0) is 15.0. The van der Waals surface area contributed by atoms with Crippen molar-refractivity contribution in [2.24, 2.45) is 0 Å². The number of rotatable bonds is 2.